The van der Waals surface area contributed by atoms with Crippen molar-refractivity contribution in [3.05, 3.63) is 0 Å². The van der Waals surface area contributed by atoms with Gasteiger partial charge < -0.3 is 10.4 Å². The Kier molecular flexibility index (Phi) is 0.367. The van der Waals surface area contributed by atoms with Crippen molar-refractivity contribution in [1.29, 1.82) is 0 Å². The molecule has 0 radical (unpaired) electrons. The van der Waals surface area contributed by atoms with E-state index in [4.69, 9.17) is 20.6 Å². The highest BCUT2D eigenvalue weighted by Crippen LogP contribution is 2.19. The van der Waals surface area contributed by atoms with E-state index in [9.17, 15) is 5.11 Å². The first-order valence-electron chi connectivity index (χ1n) is 9.97. The Morgan fingerprint density at radius 1 is 1.70 bits per heavy atom. The fourth-order valence-electron chi connectivity index (χ4n) is 0.525. The molecule has 2 nitrogen and oxygen atoms in total. The van der Waals surface area contributed by atoms with Gasteiger partial charge in [0.05, 0.1) is 7.45 Å². The minimum Gasteiger partial charge on any atom is -0.391 e. The molecule has 4 atom stereocenters. The number of piperidine rings is 1. The molecule has 0 spiro atoms. The standard InChI is InChI=1S/C8H17NO/c1-5-4-6(2)9-7(3)8(5)10/h5-10H,4H2,1-3H3/i1D3,2D3,3D3,4D2,5D,6D,7D,8D. The van der Waals surface area contributed by atoms with E-state index < -0.39 is 50.9 Å². The largest absolute Gasteiger partial charge is 0.391 e. The topological polar surface area (TPSA) is 32.3 Å². The Labute approximate surface area is 83.7 Å². The van der Waals surface area contributed by atoms with E-state index in [1.54, 1.807) is 0 Å². The maximum atomic E-state index is 10.3. The van der Waals surface area contributed by atoms with Crippen LogP contribution in [0, 0.1) is 5.89 Å². The van der Waals surface area contributed by atoms with Crippen LogP contribution < -0.4 is 5.32 Å². The Bertz CT molecular complexity index is 507. The van der Waals surface area contributed by atoms with Gasteiger partial charge in [-0.05, 0) is 26.0 Å². The SMILES string of the molecule is [2H]C([2H])([2H])C1([2H])NC([2H])(C([2H])([2H])[2H])C([2H])(O)C([2H])(C([2H])([2H])[2H])C1([2H])[2H]. The molecule has 2 N–H and O–H groups in total. The minimum atomic E-state index is -4.18. The third-order valence-electron chi connectivity index (χ3n) is 0.974. The van der Waals surface area contributed by atoms with Crippen molar-refractivity contribution in [1.82, 2.24) is 5.32 Å². The molecule has 1 heterocycles. The van der Waals surface area contributed by atoms with Gasteiger partial charge in [0.2, 0.25) is 0 Å². The first-order valence-corrected chi connectivity index (χ1v) is 2.47. The van der Waals surface area contributed by atoms with Gasteiger partial charge in [0.15, 0.2) is 0 Å². The van der Waals surface area contributed by atoms with E-state index in [2.05, 4.69) is 0 Å². The molecule has 4 unspecified atom stereocenters. The molecule has 1 aliphatic rings. The predicted octanol–water partition coefficient (Wildman–Crippen LogP) is 0.754. The summed E-state index contributed by atoms with van der Waals surface area (Å²) in [4.78, 5) is 0. The first-order chi connectivity index (χ1) is 10.5. The van der Waals surface area contributed by atoms with Crippen molar-refractivity contribution in [2.24, 2.45) is 5.89 Å². The molecule has 0 amide bonds. The molecule has 0 bridgehead atoms. The van der Waals surface area contributed by atoms with Crippen LogP contribution in [0.3, 0.4) is 0 Å². The Morgan fingerprint density at radius 3 is 3.20 bits per heavy atom. The van der Waals surface area contributed by atoms with Crippen LogP contribution in [-0.4, -0.2) is 23.2 Å². The van der Waals surface area contributed by atoms with Crippen molar-refractivity contribution in [2.45, 2.75) is 45.0 Å². The van der Waals surface area contributed by atoms with Crippen LogP contribution in [0.2, 0.25) is 0 Å². The summed E-state index contributed by atoms with van der Waals surface area (Å²) >= 11 is 0. The summed E-state index contributed by atoms with van der Waals surface area (Å²) in [6.07, 6.45) is -8.18. The van der Waals surface area contributed by atoms with Gasteiger partial charge in [0, 0.05) is 31.2 Å². The summed E-state index contributed by atoms with van der Waals surface area (Å²) in [5.41, 5.74) is 0. The maximum Gasteiger partial charge on any atom is 0.0716 e. The van der Waals surface area contributed by atoms with Gasteiger partial charge >= 0.3 is 0 Å². The van der Waals surface area contributed by atoms with E-state index in [0.29, 0.717) is 0 Å². The number of hydrogen-bond donors (Lipinski definition) is 2. The third kappa shape index (κ3) is 1.50. The van der Waals surface area contributed by atoms with Crippen LogP contribution in [0.15, 0.2) is 0 Å². The molecule has 1 rings (SSSR count). The Hall–Kier alpha value is -0.0800. The van der Waals surface area contributed by atoms with Gasteiger partial charge in [0.1, 0.15) is 0 Å². The van der Waals surface area contributed by atoms with Crippen molar-refractivity contribution in [3.8, 4) is 0 Å². The highest BCUT2D eigenvalue weighted by atomic mass is 16.3. The quantitative estimate of drug-likeness (QED) is 0.545. The predicted molar refractivity (Wildman–Crippen MR) is 41.8 cm³/mol. The molecule has 0 aromatic carbocycles. The van der Waals surface area contributed by atoms with Crippen molar-refractivity contribution in [2.75, 3.05) is 0 Å². The zero-order valence-corrected chi connectivity index (χ0v) is 4.95. The summed E-state index contributed by atoms with van der Waals surface area (Å²) in [5.74, 6) is -4.16. The van der Waals surface area contributed by atoms with E-state index in [1.807, 2.05) is 0 Å². The van der Waals surface area contributed by atoms with Gasteiger partial charge in [-0.3, -0.25) is 0 Å². The van der Waals surface area contributed by atoms with Crippen molar-refractivity contribution >= 4 is 0 Å². The maximum absolute atomic E-state index is 10.3. The molecule has 1 saturated heterocycles. The van der Waals surface area contributed by atoms with Crippen LogP contribution >= 0.6 is 0 Å². The molecule has 0 saturated carbocycles. The van der Waals surface area contributed by atoms with Crippen LogP contribution in [0.4, 0.5) is 0 Å². The van der Waals surface area contributed by atoms with Gasteiger partial charge in [-0.2, -0.15) is 0 Å². The lowest BCUT2D eigenvalue weighted by molar-refractivity contribution is 0.0428. The summed E-state index contributed by atoms with van der Waals surface area (Å²) in [7, 11) is 0. The van der Waals surface area contributed by atoms with Gasteiger partial charge in [0.25, 0.3) is 0 Å². The second-order valence-corrected chi connectivity index (χ2v) is 1.72. The summed E-state index contributed by atoms with van der Waals surface area (Å²) in [6, 6.07) is -7.66. The van der Waals surface area contributed by atoms with Crippen molar-refractivity contribution < 1.29 is 25.7 Å². The summed E-state index contributed by atoms with van der Waals surface area (Å²) < 4.78 is 113. The zero-order valence-electron chi connectivity index (χ0n) is 19.9. The Morgan fingerprint density at radius 2 is 2.60 bits per heavy atom. The molecular formula is C8H17NO. The van der Waals surface area contributed by atoms with E-state index in [0.717, 1.165) is 0 Å². The lowest BCUT2D eigenvalue weighted by atomic mass is 9.88. The normalized spacial score (nSPS) is 110. The van der Waals surface area contributed by atoms with Gasteiger partial charge in [-0.25, -0.2) is 0 Å². The average Bonchev–Trinajstić information content (AvgIpc) is 2.31. The first kappa shape index (κ1) is 1.27. The number of hydrogen-bond acceptors (Lipinski definition) is 2. The molecule has 10 heavy (non-hydrogen) atoms. The lowest BCUT2D eigenvalue weighted by Gasteiger charge is -2.35. The molecule has 2 heteroatoms. The second kappa shape index (κ2) is 2.89. The summed E-state index contributed by atoms with van der Waals surface area (Å²) in [5, 5.41) is 11.6. The molecule has 1 aliphatic heterocycles. The molecule has 0 aliphatic carbocycles. The third-order valence-corrected chi connectivity index (χ3v) is 0.974. The highest BCUT2D eigenvalue weighted by Gasteiger charge is 2.28. The Balaban J connectivity index is 4.06. The molecule has 0 aromatic heterocycles. The highest BCUT2D eigenvalue weighted by molar-refractivity contribution is 4.85. The summed E-state index contributed by atoms with van der Waals surface area (Å²) in [6.45, 7) is -11.5. The van der Waals surface area contributed by atoms with Crippen molar-refractivity contribution in [3.63, 3.8) is 0 Å². The van der Waals surface area contributed by atoms with Crippen LogP contribution in [0.25, 0.3) is 0 Å². The zero-order chi connectivity index (χ0) is 20.7. The number of aliphatic hydroxyl groups is 1. The van der Waals surface area contributed by atoms with Gasteiger partial charge in [-0.1, -0.05) is 6.85 Å². The molecule has 0 aromatic rings. The number of nitrogens with one attached hydrogen (secondary N) is 1. The fourth-order valence-corrected chi connectivity index (χ4v) is 0.525. The van der Waals surface area contributed by atoms with E-state index in [-0.39, 0.29) is 0 Å². The number of rotatable bonds is 0. The lowest BCUT2D eigenvalue weighted by Crippen LogP contribution is -2.51. The molecule has 60 valence electrons. The second-order valence-electron chi connectivity index (χ2n) is 1.72. The monoisotopic (exact) mass is 158 g/mol. The van der Waals surface area contributed by atoms with Crippen LogP contribution in [0.1, 0.15) is 47.5 Å². The molecular weight excluding hydrogens is 126 g/mol. The van der Waals surface area contributed by atoms with E-state index >= 15 is 0 Å². The molecule has 1 fully saturated rings. The minimum absolute atomic E-state index is 1.32. The smallest absolute Gasteiger partial charge is 0.0716 e. The average molecular weight is 158 g/mol. The van der Waals surface area contributed by atoms with Crippen LogP contribution in [0.5, 0.6) is 0 Å². The fraction of sp³-hybridized carbons (Fsp3) is 1.00. The van der Waals surface area contributed by atoms with E-state index in [1.165, 1.54) is 5.32 Å². The van der Waals surface area contributed by atoms with Gasteiger partial charge in [-0.15, -0.1) is 0 Å². The van der Waals surface area contributed by atoms with Crippen LogP contribution in [-0.2, 0) is 0 Å².